The molecule has 1 N–H and O–H groups in total. The number of hydrogen-bond acceptors (Lipinski definition) is 3. The quantitative estimate of drug-likeness (QED) is 0.855. The van der Waals surface area contributed by atoms with Crippen molar-refractivity contribution in [3.8, 4) is 0 Å². The Morgan fingerprint density at radius 1 is 0.875 bits per heavy atom. The van der Waals surface area contributed by atoms with Crippen LogP contribution in [0, 0.1) is 0 Å². The Bertz CT molecular complexity index is 799. The topological polar surface area (TPSA) is 38.7 Å². The maximum absolute atomic E-state index is 11.2. The average Bonchev–Trinajstić information content (AvgIpc) is 3.24. The third kappa shape index (κ3) is 2.24. The normalized spacial score (nSPS) is 24.3. The summed E-state index contributed by atoms with van der Waals surface area (Å²) in [6.07, 6.45) is 6.64. The van der Waals surface area contributed by atoms with Crippen LogP contribution in [0.2, 0.25) is 0 Å². The van der Waals surface area contributed by atoms with Crippen LogP contribution in [0.4, 0.5) is 0 Å². The van der Waals surface area contributed by atoms with Crippen LogP contribution in [-0.4, -0.2) is 5.11 Å². The lowest BCUT2D eigenvalue weighted by Gasteiger charge is -2.33. The highest BCUT2D eigenvalue weighted by atomic mass is 16.7. The summed E-state index contributed by atoms with van der Waals surface area (Å²) in [4.78, 5) is 0. The highest BCUT2D eigenvalue weighted by Crippen LogP contribution is 2.46. The molecule has 0 aromatic heterocycles. The predicted molar refractivity (Wildman–Crippen MR) is 91.9 cm³/mol. The Morgan fingerprint density at radius 3 is 2.12 bits per heavy atom. The minimum Gasteiger partial charge on any atom is -0.449 e. The SMILES string of the molecule is CC1=CC(O)(c2ccccc2C2(c3ccccc3)OC=CO2)CC1. The second kappa shape index (κ2) is 5.53. The molecule has 4 rings (SSSR count). The van der Waals surface area contributed by atoms with E-state index in [0.717, 1.165) is 23.1 Å². The van der Waals surface area contributed by atoms with Crippen LogP contribution in [0.15, 0.2) is 78.8 Å². The maximum atomic E-state index is 11.2. The molecule has 2 aromatic carbocycles. The molecule has 0 bridgehead atoms. The molecular weight excluding hydrogens is 300 g/mol. The van der Waals surface area contributed by atoms with Crippen LogP contribution in [-0.2, 0) is 20.9 Å². The number of aliphatic hydroxyl groups is 1. The van der Waals surface area contributed by atoms with Crippen molar-refractivity contribution in [2.75, 3.05) is 0 Å². The fraction of sp³-hybridized carbons (Fsp3) is 0.238. The van der Waals surface area contributed by atoms with Crippen molar-refractivity contribution in [2.45, 2.75) is 31.2 Å². The van der Waals surface area contributed by atoms with Crippen LogP contribution in [0.1, 0.15) is 36.5 Å². The lowest BCUT2D eigenvalue weighted by atomic mass is 9.84. The van der Waals surface area contributed by atoms with E-state index in [1.807, 2.05) is 60.7 Å². The van der Waals surface area contributed by atoms with Gasteiger partial charge in [0.25, 0.3) is 0 Å². The zero-order chi connectivity index (χ0) is 16.6. The molecule has 1 aliphatic carbocycles. The summed E-state index contributed by atoms with van der Waals surface area (Å²) in [5.74, 6) is -1.06. The Morgan fingerprint density at radius 2 is 1.50 bits per heavy atom. The molecular formula is C21H20O3. The molecule has 3 heteroatoms. The van der Waals surface area contributed by atoms with E-state index in [0.29, 0.717) is 6.42 Å². The van der Waals surface area contributed by atoms with E-state index in [1.54, 1.807) is 12.5 Å². The zero-order valence-electron chi connectivity index (χ0n) is 13.6. The molecule has 0 spiro atoms. The second-order valence-electron chi connectivity index (χ2n) is 6.45. The van der Waals surface area contributed by atoms with Gasteiger partial charge in [-0.05, 0) is 31.4 Å². The summed E-state index contributed by atoms with van der Waals surface area (Å²) < 4.78 is 11.9. The Labute approximate surface area is 141 Å². The van der Waals surface area contributed by atoms with E-state index in [1.165, 1.54) is 5.57 Å². The Balaban J connectivity index is 1.90. The third-order valence-electron chi connectivity index (χ3n) is 4.81. The van der Waals surface area contributed by atoms with Crippen molar-refractivity contribution < 1.29 is 14.6 Å². The highest BCUT2D eigenvalue weighted by molar-refractivity contribution is 5.46. The summed E-state index contributed by atoms with van der Waals surface area (Å²) in [7, 11) is 0. The highest BCUT2D eigenvalue weighted by Gasteiger charge is 2.45. The fourth-order valence-electron chi connectivity index (χ4n) is 3.65. The summed E-state index contributed by atoms with van der Waals surface area (Å²) >= 11 is 0. The van der Waals surface area contributed by atoms with E-state index in [-0.39, 0.29) is 0 Å². The van der Waals surface area contributed by atoms with Gasteiger partial charge in [-0.2, -0.15) is 0 Å². The van der Waals surface area contributed by atoms with E-state index >= 15 is 0 Å². The van der Waals surface area contributed by atoms with E-state index in [9.17, 15) is 5.11 Å². The summed E-state index contributed by atoms with van der Waals surface area (Å²) in [6, 6.07) is 17.6. The van der Waals surface area contributed by atoms with Crippen LogP contribution in [0.25, 0.3) is 0 Å². The summed E-state index contributed by atoms with van der Waals surface area (Å²) in [6.45, 7) is 2.05. The largest absolute Gasteiger partial charge is 0.449 e. The first-order valence-electron chi connectivity index (χ1n) is 8.21. The molecule has 2 aromatic rings. The molecule has 0 fully saturated rings. The summed E-state index contributed by atoms with van der Waals surface area (Å²) in [5, 5.41) is 11.2. The molecule has 0 saturated heterocycles. The van der Waals surface area contributed by atoms with E-state index < -0.39 is 11.4 Å². The van der Waals surface area contributed by atoms with Crippen molar-refractivity contribution in [3.05, 3.63) is 95.5 Å². The van der Waals surface area contributed by atoms with Gasteiger partial charge in [-0.25, -0.2) is 0 Å². The first-order valence-corrected chi connectivity index (χ1v) is 8.21. The first kappa shape index (κ1) is 15.0. The van der Waals surface area contributed by atoms with Crippen molar-refractivity contribution in [1.29, 1.82) is 0 Å². The van der Waals surface area contributed by atoms with Gasteiger partial charge in [0.2, 0.25) is 0 Å². The molecule has 3 nitrogen and oxygen atoms in total. The van der Waals surface area contributed by atoms with Gasteiger partial charge in [0.15, 0.2) is 0 Å². The number of ether oxygens (including phenoxy) is 2. The number of rotatable bonds is 3. The predicted octanol–water partition coefficient (Wildman–Crippen LogP) is 4.33. The molecule has 1 heterocycles. The standard InChI is InChI=1S/C21H20O3/c1-16-11-12-20(22,15-16)18-9-5-6-10-19(18)21(23-13-14-24-21)17-7-3-2-4-8-17/h2-10,13-15,22H,11-12H2,1H3. The van der Waals surface area contributed by atoms with Gasteiger partial charge in [-0.3, -0.25) is 0 Å². The van der Waals surface area contributed by atoms with Crippen molar-refractivity contribution in [2.24, 2.45) is 0 Å². The number of allylic oxidation sites excluding steroid dienone is 1. The maximum Gasteiger partial charge on any atom is 0.304 e. The Kier molecular flexibility index (Phi) is 3.47. The molecule has 0 amide bonds. The first-order chi connectivity index (χ1) is 11.6. The van der Waals surface area contributed by atoms with Crippen LogP contribution >= 0.6 is 0 Å². The van der Waals surface area contributed by atoms with Crippen LogP contribution in [0.3, 0.4) is 0 Å². The van der Waals surface area contributed by atoms with Gasteiger partial charge >= 0.3 is 5.79 Å². The average molecular weight is 320 g/mol. The van der Waals surface area contributed by atoms with Crippen LogP contribution in [0.5, 0.6) is 0 Å². The molecule has 0 saturated carbocycles. The Hall–Kier alpha value is -2.52. The smallest absolute Gasteiger partial charge is 0.304 e. The van der Waals surface area contributed by atoms with E-state index in [2.05, 4.69) is 6.92 Å². The van der Waals surface area contributed by atoms with Gasteiger partial charge in [-0.15, -0.1) is 0 Å². The van der Waals surface area contributed by atoms with Gasteiger partial charge in [0, 0.05) is 11.1 Å². The molecule has 1 unspecified atom stereocenters. The minimum atomic E-state index is -1.06. The fourth-order valence-corrected chi connectivity index (χ4v) is 3.65. The summed E-state index contributed by atoms with van der Waals surface area (Å²) in [5.41, 5.74) is 2.76. The molecule has 2 aliphatic rings. The van der Waals surface area contributed by atoms with Gasteiger partial charge in [0.05, 0.1) is 0 Å². The molecule has 122 valence electrons. The lowest BCUT2D eigenvalue weighted by Crippen LogP contribution is -2.33. The van der Waals surface area contributed by atoms with Gasteiger partial charge < -0.3 is 14.6 Å². The van der Waals surface area contributed by atoms with E-state index in [4.69, 9.17) is 9.47 Å². The number of hydrogen-bond donors (Lipinski definition) is 1. The van der Waals surface area contributed by atoms with Crippen molar-refractivity contribution in [1.82, 2.24) is 0 Å². The van der Waals surface area contributed by atoms with Gasteiger partial charge in [-0.1, -0.05) is 60.2 Å². The minimum absolute atomic E-state index is 0.675. The lowest BCUT2D eigenvalue weighted by molar-refractivity contribution is -0.115. The zero-order valence-corrected chi connectivity index (χ0v) is 13.6. The molecule has 24 heavy (non-hydrogen) atoms. The second-order valence-corrected chi connectivity index (χ2v) is 6.45. The van der Waals surface area contributed by atoms with Crippen molar-refractivity contribution in [3.63, 3.8) is 0 Å². The number of benzene rings is 2. The molecule has 1 atom stereocenters. The van der Waals surface area contributed by atoms with Gasteiger partial charge in [0.1, 0.15) is 18.1 Å². The molecule has 1 aliphatic heterocycles. The van der Waals surface area contributed by atoms with Crippen LogP contribution < -0.4 is 0 Å². The monoisotopic (exact) mass is 320 g/mol. The molecule has 0 radical (unpaired) electrons. The third-order valence-corrected chi connectivity index (χ3v) is 4.81. The van der Waals surface area contributed by atoms with Crippen molar-refractivity contribution >= 4 is 0 Å².